The summed E-state index contributed by atoms with van der Waals surface area (Å²) >= 11 is 4.55. The first-order valence-electron chi connectivity index (χ1n) is 2.91. The van der Waals surface area contributed by atoms with E-state index in [1.54, 1.807) is 0 Å². The van der Waals surface area contributed by atoms with Gasteiger partial charge in [0.1, 0.15) is 0 Å². The average molecular weight is 147 g/mol. The molecule has 0 saturated carbocycles. The third-order valence-electron chi connectivity index (χ3n) is 0.722. The fourth-order valence-corrected chi connectivity index (χ4v) is 0.414. The molecule has 0 amide bonds. The van der Waals surface area contributed by atoms with Crippen LogP contribution in [0, 0.1) is 5.92 Å². The van der Waals surface area contributed by atoms with Crippen molar-refractivity contribution in [2.45, 2.75) is 13.8 Å². The Kier molecular flexibility index (Phi) is 4.35. The van der Waals surface area contributed by atoms with Gasteiger partial charge in [-0.3, -0.25) is 5.43 Å². The Hall–Kier alpha value is -0.350. The molecule has 4 N–H and O–H groups in total. The lowest BCUT2D eigenvalue weighted by Gasteiger charge is -2.07. The highest BCUT2D eigenvalue weighted by Gasteiger charge is 1.90. The van der Waals surface area contributed by atoms with Gasteiger partial charge in [-0.15, -0.1) is 0 Å². The van der Waals surface area contributed by atoms with E-state index in [1.807, 2.05) is 0 Å². The van der Waals surface area contributed by atoms with Gasteiger partial charge >= 0.3 is 0 Å². The van der Waals surface area contributed by atoms with Crippen LogP contribution in [-0.4, -0.2) is 11.7 Å². The molecule has 0 heterocycles. The van der Waals surface area contributed by atoms with Gasteiger partial charge in [0.2, 0.25) is 0 Å². The molecule has 0 radical (unpaired) electrons. The summed E-state index contributed by atoms with van der Waals surface area (Å²) in [6, 6.07) is 0. The van der Waals surface area contributed by atoms with Crippen molar-refractivity contribution < 1.29 is 0 Å². The minimum atomic E-state index is 0.288. The van der Waals surface area contributed by atoms with Crippen molar-refractivity contribution in [3.63, 3.8) is 0 Å². The van der Waals surface area contributed by atoms with E-state index in [9.17, 15) is 0 Å². The minimum Gasteiger partial charge on any atom is -0.375 e. The van der Waals surface area contributed by atoms with Gasteiger partial charge in [-0.05, 0) is 18.1 Å². The van der Waals surface area contributed by atoms with E-state index in [0.717, 1.165) is 6.54 Å². The Bertz CT molecular complexity index is 92.2. The number of hydrazine groups is 1. The largest absolute Gasteiger partial charge is 0.375 e. The maximum atomic E-state index is 5.14. The van der Waals surface area contributed by atoms with Crippen molar-refractivity contribution in [1.29, 1.82) is 0 Å². The quantitative estimate of drug-likeness (QED) is 0.388. The molecular formula is C5H13N3S. The second kappa shape index (κ2) is 4.52. The van der Waals surface area contributed by atoms with Gasteiger partial charge in [0.15, 0.2) is 5.11 Å². The summed E-state index contributed by atoms with van der Waals surface area (Å²) in [7, 11) is 0. The zero-order valence-corrected chi connectivity index (χ0v) is 6.59. The van der Waals surface area contributed by atoms with Crippen molar-refractivity contribution in [3.8, 4) is 0 Å². The van der Waals surface area contributed by atoms with E-state index in [4.69, 9.17) is 5.73 Å². The number of thiocarbonyl (C=S) groups is 1. The van der Waals surface area contributed by atoms with E-state index < -0.39 is 0 Å². The van der Waals surface area contributed by atoms with Gasteiger partial charge < -0.3 is 5.73 Å². The molecule has 0 aromatic carbocycles. The van der Waals surface area contributed by atoms with Crippen LogP contribution in [0.25, 0.3) is 0 Å². The lowest BCUT2D eigenvalue weighted by Crippen LogP contribution is -2.42. The summed E-state index contributed by atoms with van der Waals surface area (Å²) in [6.07, 6.45) is 0. The molecule has 0 aliphatic carbocycles. The Balaban J connectivity index is 3.01. The molecular weight excluding hydrogens is 134 g/mol. The average Bonchev–Trinajstić information content (AvgIpc) is 1.63. The Labute approximate surface area is 61.0 Å². The van der Waals surface area contributed by atoms with Gasteiger partial charge in [-0.2, -0.15) is 0 Å². The molecule has 0 atom stereocenters. The van der Waals surface area contributed by atoms with Crippen molar-refractivity contribution in [3.05, 3.63) is 0 Å². The molecule has 0 fully saturated rings. The lowest BCUT2D eigenvalue weighted by molar-refractivity contribution is 0.533. The first kappa shape index (κ1) is 8.65. The highest BCUT2D eigenvalue weighted by Crippen LogP contribution is 1.84. The SMILES string of the molecule is CC(C)CNNC(N)=S. The van der Waals surface area contributed by atoms with Crippen LogP contribution in [0.4, 0.5) is 0 Å². The van der Waals surface area contributed by atoms with Crippen LogP contribution >= 0.6 is 12.2 Å². The van der Waals surface area contributed by atoms with E-state index in [2.05, 4.69) is 36.9 Å². The Morgan fingerprint density at radius 2 is 2.22 bits per heavy atom. The second-order valence-electron chi connectivity index (χ2n) is 2.26. The maximum absolute atomic E-state index is 5.14. The summed E-state index contributed by atoms with van der Waals surface area (Å²) in [6.45, 7) is 5.08. The first-order valence-corrected chi connectivity index (χ1v) is 3.32. The van der Waals surface area contributed by atoms with Crippen molar-refractivity contribution in [2.75, 3.05) is 6.54 Å². The number of nitrogens with two attached hydrogens (primary N) is 1. The smallest absolute Gasteiger partial charge is 0.178 e. The standard InChI is InChI=1S/C5H13N3S/c1-4(2)3-7-8-5(6)9/h4,7H,3H2,1-2H3,(H3,6,8,9). The predicted octanol–water partition coefficient (Wildman–Crippen LogP) is -0.0198. The molecule has 0 aliphatic heterocycles. The first-order chi connectivity index (χ1) is 4.13. The summed E-state index contributed by atoms with van der Waals surface area (Å²) in [5, 5.41) is 0.288. The van der Waals surface area contributed by atoms with Crippen LogP contribution < -0.4 is 16.6 Å². The molecule has 0 aliphatic rings. The molecule has 4 heteroatoms. The molecule has 3 nitrogen and oxygen atoms in total. The van der Waals surface area contributed by atoms with Crippen molar-refractivity contribution in [1.82, 2.24) is 10.9 Å². The lowest BCUT2D eigenvalue weighted by atomic mass is 10.2. The Morgan fingerprint density at radius 1 is 1.67 bits per heavy atom. The number of hydrogen-bond acceptors (Lipinski definition) is 2. The summed E-state index contributed by atoms with van der Waals surface area (Å²) in [5.74, 6) is 0.604. The fraction of sp³-hybridized carbons (Fsp3) is 0.800. The van der Waals surface area contributed by atoms with Crippen LogP contribution in [0.15, 0.2) is 0 Å². The van der Waals surface area contributed by atoms with Crippen LogP contribution in [0.2, 0.25) is 0 Å². The van der Waals surface area contributed by atoms with E-state index in [1.165, 1.54) is 0 Å². The monoisotopic (exact) mass is 147 g/mol. The fourth-order valence-electron chi connectivity index (χ4n) is 0.342. The highest BCUT2D eigenvalue weighted by molar-refractivity contribution is 7.80. The molecule has 0 bridgehead atoms. The van der Waals surface area contributed by atoms with Crippen LogP contribution in [0.1, 0.15) is 13.8 Å². The molecule has 0 aromatic heterocycles. The zero-order chi connectivity index (χ0) is 7.28. The van der Waals surface area contributed by atoms with Crippen molar-refractivity contribution >= 4 is 17.3 Å². The molecule has 9 heavy (non-hydrogen) atoms. The molecule has 54 valence electrons. The summed E-state index contributed by atoms with van der Waals surface area (Å²) in [5.41, 5.74) is 10.6. The zero-order valence-electron chi connectivity index (χ0n) is 5.77. The molecule has 0 unspecified atom stereocenters. The number of nitrogens with one attached hydrogen (secondary N) is 2. The van der Waals surface area contributed by atoms with Gasteiger partial charge in [-0.1, -0.05) is 13.8 Å². The maximum Gasteiger partial charge on any atom is 0.178 e. The molecule has 0 rings (SSSR count). The second-order valence-corrected chi connectivity index (χ2v) is 2.70. The Morgan fingerprint density at radius 3 is 2.56 bits per heavy atom. The van der Waals surface area contributed by atoms with Gasteiger partial charge in [0, 0.05) is 6.54 Å². The number of rotatable bonds is 3. The number of hydrogen-bond donors (Lipinski definition) is 3. The summed E-state index contributed by atoms with van der Waals surface area (Å²) < 4.78 is 0. The predicted molar refractivity (Wildman–Crippen MR) is 42.8 cm³/mol. The topological polar surface area (TPSA) is 50.1 Å². The van der Waals surface area contributed by atoms with Crippen molar-refractivity contribution in [2.24, 2.45) is 11.7 Å². The van der Waals surface area contributed by atoms with E-state index in [-0.39, 0.29) is 5.11 Å². The third kappa shape index (κ3) is 7.65. The van der Waals surface area contributed by atoms with Crippen LogP contribution in [-0.2, 0) is 0 Å². The van der Waals surface area contributed by atoms with Crippen LogP contribution in [0.5, 0.6) is 0 Å². The minimum absolute atomic E-state index is 0.288. The third-order valence-corrected chi connectivity index (χ3v) is 0.824. The van der Waals surface area contributed by atoms with Gasteiger partial charge in [-0.25, -0.2) is 5.43 Å². The van der Waals surface area contributed by atoms with Gasteiger partial charge in [0.05, 0.1) is 0 Å². The normalized spacial score (nSPS) is 9.67. The summed E-state index contributed by atoms with van der Waals surface area (Å²) in [4.78, 5) is 0. The molecule has 0 saturated heterocycles. The molecule has 0 spiro atoms. The van der Waals surface area contributed by atoms with E-state index >= 15 is 0 Å². The van der Waals surface area contributed by atoms with E-state index in [0.29, 0.717) is 5.92 Å². The van der Waals surface area contributed by atoms with Gasteiger partial charge in [0.25, 0.3) is 0 Å². The molecule has 0 aromatic rings. The highest BCUT2D eigenvalue weighted by atomic mass is 32.1. The van der Waals surface area contributed by atoms with Crippen LogP contribution in [0.3, 0.4) is 0 Å².